The summed E-state index contributed by atoms with van der Waals surface area (Å²) < 4.78 is 27.8. The largest absolute Gasteiger partial charge is 0.383 e. The van der Waals surface area contributed by atoms with Gasteiger partial charge in [0.15, 0.2) is 0 Å². The Labute approximate surface area is 113 Å². The average Bonchev–Trinajstić information content (AvgIpc) is 2.31. The number of carbonyl (C=O) groups excluding carboxylic acids is 1. The molecule has 0 saturated carbocycles. The number of primary sulfonamides is 1. The Kier molecular flexibility index (Phi) is 5.04. The van der Waals surface area contributed by atoms with Crippen LogP contribution in [0, 0.1) is 13.8 Å². The molecule has 1 aromatic carbocycles. The van der Waals surface area contributed by atoms with Crippen LogP contribution in [-0.2, 0) is 14.8 Å². The third-order valence-electron chi connectivity index (χ3n) is 2.78. The second kappa shape index (κ2) is 6.14. The summed E-state index contributed by atoms with van der Waals surface area (Å²) in [6, 6.07) is 2.92. The minimum atomic E-state index is -3.84. The van der Waals surface area contributed by atoms with E-state index < -0.39 is 10.0 Å². The molecule has 1 amide bonds. The van der Waals surface area contributed by atoms with Crippen LogP contribution in [0.15, 0.2) is 17.0 Å². The van der Waals surface area contributed by atoms with Crippen molar-refractivity contribution in [2.24, 2.45) is 5.14 Å². The predicted octanol–water partition coefficient (Wildman–Crippen LogP) is 0.327. The van der Waals surface area contributed by atoms with E-state index in [2.05, 4.69) is 5.32 Å². The van der Waals surface area contributed by atoms with Gasteiger partial charge in [0.05, 0.1) is 11.5 Å². The molecule has 0 saturated heterocycles. The Bertz CT molecular complexity index is 582. The smallest absolute Gasteiger partial charge is 0.251 e. The molecule has 1 rings (SSSR count). The lowest BCUT2D eigenvalue weighted by Crippen LogP contribution is -2.27. The molecule has 0 bridgehead atoms. The number of hydrogen-bond acceptors (Lipinski definition) is 4. The second-order valence-electron chi connectivity index (χ2n) is 4.21. The molecule has 3 N–H and O–H groups in total. The highest BCUT2D eigenvalue weighted by Gasteiger charge is 2.17. The summed E-state index contributed by atoms with van der Waals surface area (Å²) in [6.45, 7) is 4.13. The van der Waals surface area contributed by atoms with Crippen molar-refractivity contribution >= 4 is 15.9 Å². The number of benzene rings is 1. The molecule has 0 spiro atoms. The molecular weight excluding hydrogens is 268 g/mol. The molecule has 19 heavy (non-hydrogen) atoms. The fraction of sp³-hybridized carbons (Fsp3) is 0.417. The Morgan fingerprint density at radius 3 is 2.53 bits per heavy atom. The van der Waals surface area contributed by atoms with Gasteiger partial charge in [-0.25, -0.2) is 13.6 Å². The monoisotopic (exact) mass is 286 g/mol. The molecule has 106 valence electrons. The standard InChI is InChI=1S/C12H18N2O4S/c1-8-6-10(12(15)14-4-5-18-3)7-11(9(8)2)19(13,16)17/h6-7H,4-5H2,1-3H3,(H,14,15)(H2,13,16,17). The number of amides is 1. The SMILES string of the molecule is COCCNC(=O)c1cc(C)c(C)c(S(N)(=O)=O)c1. The summed E-state index contributed by atoms with van der Waals surface area (Å²) in [4.78, 5) is 11.8. The minimum Gasteiger partial charge on any atom is -0.383 e. The number of aryl methyl sites for hydroxylation is 1. The van der Waals surface area contributed by atoms with Crippen LogP contribution < -0.4 is 10.5 Å². The topological polar surface area (TPSA) is 98.5 Å². The van der Waals surface area contributed by atoms with E-state index in [9.17, 15) is 13.2 Å². The normalized spacial score (nSPS) is 11.4. The highest BCUT2D eigenvalue weighted by Crippen LogP contribution is 2.19. The first-order valence-electron chi connectivity index (χ1n) is 5.68. The van der Waals surface area contributed by atoms with Crippen LogP contribution in [0.4, 0.5) is 0 Å². The van der Waals surface area contributed by atoms with Crippen molar-refractivity contribution in [2.45, 2.75) is 18.7 Å². The van der Waals surface area contributed by atoms with Gasteiger partial charge in [0, 0.05) is 19.2 Å². The van der Waals surface area contributed by atoms with Crippen molar-refractivity contribution in [3.8, 4) is 0 Å². The van der Waals surface area contributed by atoms with Gasteiger partial charge < -0.3 is 10.1 Å². The highest BCUT2D eigenvalue weighted by atomic mass is 32.2. The van der Waals surface area contributed by atoms with Crippen molar-refractivity contribution in [3.05, 3.63) is 28.8 Å². The van der Waals surface area contributed by atoms with Gasteiger partial charge in [-0.05, 0) is 37.1 Å². The van der Waals surface area contributed by atoms with Crippen molar-refractivity contribution in [1.29, 1.82) is 0 Å². The Balaban J connectivity index is 3.11. The number of hydrogen-bond donors (Lipinski definition) is 2. The molecule has 0 heterocycles. The molecule has 0 unspecified atom stereocenters. The number of sulfonamides is 1. The first kappa shape index (κ1) is 15.6. The zero-order chi connectivity index (χ0) is 14.6. The van der Waals surface area contributed by atoms with Crippen molar-refractivity contribution < 1.29 is 17.9 Å². The fourth-order valence-electron chi connectivity index (χ4n) is 1.62. The highest BCUT2D eigenvalue weighted by molar-refractivity contribution is 7.89. The van der Waals surface area contributed by atoms with Gasteiger partial charge in [0.1, 0.15) is 0 Å². The molecular formula is C12H18N2O4S. The Hall–Kier alpha value is -1.44. The number of methoxy groups -OCH3 is 1. The molecule has 1 aromatic rings. The molecule has 0 aliphatic carbocycles. The third-order valence-corrected chi connectivity index (χ3v) is 3.82. The van der Waals surface area contributed by atoms with E-state index in [4.69, 9.17) is 9.88 Å². The molecule has 0 aliphatic heterocycles. The summed E-state index contributed by atoms with van der Waals surface area (Å²) in [7, 11) is -2.31. The Morgan fingerprint density at radius 1 is 1.37 bits per heavy atom. The van der Waals surface area contributed by atoms with Gasteiger partial charge in [-0.1, -0.05) is 0 Å². The lowest BCUT2D eigenvalue weighted by atomic mass is 10.1. The van der Waals surface area contributed by atoms with Crippen molar-refractivity contribution in [3.63, 3.8) is 0 Å². The molecule has 0 aromatic heterocycles. The van der Waals surface area contributed by atoms with Gasteiger partial charge in [-0.3, -0.25) is 4.79 Å². The van der Waals surface area contributed by atoms with Crippen LogP contribution in [0.5, 0.6) is 0 Å². The maximum Gasteiger partial charge on any atom is 0.251 e. The maximum atomic E-state index is 11.9. The van der Waals surface area contributed by atoms with Gasteiger partial charge in [0.25, 0.3) is 5.91 Å². The van der Waals surface area contributed by atoms with E-state index in [1.807, 2.05) is 0 Å². The number of rotatable bonds is 5. The number of carbonyl (C=O) groups is 1. The molecule has 6 nitrogen and oxygen atoms in total. The first-order valence-corrected chi connectivity index (χ1v) is 7.23. The number of ether oxygens (including phenoxy) is 1. The average molecular weight is 286 g/mol. The summed E-state index contributed by atoms with van der Waals surface area (Å²) >= 11 is 0. The van der Waals surface area contributed by atoms with E-state index in [1.165, 1.54) is 13.2 Å². The van der Waals surface area contributed by atoms with Crippen LogP contribution in [0.3, 0.4) is 0 Å². The zero-order valence-electron chi connectivity index (χ0n) is 11.2. The van der Waals surface area contributed by atoms with Crippen LogP contribution >= 0.6 is 0 Å². The number of nitrogens with two attached hydrogens (primary N) is 1. The maximum absolute atomic E-state index is 11.9. The van der Waals surface area contributed by atoms with Gasteiger partial charge in [-0.2, -0.15) is 0 Å². The molecule has 0 fully saturated rings. The summed E-state index contributed by atoms with van der Waals surface area (Å²) in [5.74, 6) is -0.356. The van der Waals surface area contributed by atoms with Crippen LogP contribution in [0.1, 0.15) is 21.5 Å². The Morgan fingerprint density at radius 2 is 2.00 bits per heavy atom. The zero-order valence-corrected chi connectivity index (χ0v) is 12.0. The third kappa shape index (κ3) is 4.02. The lowest BCUT2D eigenvalue weighted by Gasteiger charge is -2.11. The summed E-state index contributed by atoms with van der Waals surface area (Å²) in [6.07, 6.45) is 0. The quantitative estimate of drug-likeness (QED) is 0.762. The van der Waals surface area contributed by atoms with E-state index in [0.717, 1.165) is 0 Å². The van der Waals surface area contributed by atoms with Crippen LogP contribution in [-0.4, -0.2) is 34.6 Å². The molecule has 7 heteroatoms. The van der Waals surface area contributed by atoms with E-state index >= 15 is 0 Å². The van der Waals surface area contributed by atoms with Gasteiger partial charge in [0.2, 0.25) is 10.0 Å². The van der Waals surface area contributed by atoms with Crippen LogP contribution in [0.25, 0.3) is 0 Å². The van der Waals surface area contributed by atoms with E-state index in [-0.39, 0.29) is 16.4 Å². The molecule has 0 radical (unpaired) electrons. The van der Waals surface area contributed by atoms with Crippen molar-refractivity contribution in [2.75, 3.05) is 20.3 Å². The van der Waals surface area contributed by atoms with Gasteiger partial charge in [-0.15, -0.1) is 0 Å². The lowest BCUT2D eigenvalue weighted by molar-refractivity contribution is 0.0937. The number of nitrogens with one attached hydrogen (secondary N) is 1. The van der Waals surface area contributed by atoms with Crippen molar-refractivity contribution in [1.82, 2.24) is 5.32 Å². The first-order chi connectivity index (χ1) is 8.77. The summed E-state index contributed by atoms with van der Waals surface area (Å²) in [5, 5.41) is 7.76. The van der Waals surface area contributed by atoms with Crippen LogP contribution in [0.2, 0.25) is 0 Å². The minimum absolute atomic E-state index is 0.0237. The van der Waals surface area contributed by atoms with E-state index in [0.29, 0.717) is 24.3 Å². The molecule has 0 aliphatic rings. The van der Waals surface area contributed by atoms with E-state index in [1.54, 1.807) is 19.9 Å². The molecule has 0 atom stereocenters. The fourth-order valence-corrected chi connectivity index (χ4v) is 2.50. The predicted molar refractivity (Wildman–Crippen MR) is 71.5 cm³/mol. The summed E-state index contributed by atoms with van der Waals surface area (Å²) in [5.41, 5.74) is 1.52. The second-order valence-corrected chi connectivity index (χ2v) is 5.74. The van der Waals surface area contributed by atoms with Gasteiger partial charge >= 0.3 is 0 Å².